The van der Waals surface area contributed by atoms with Crippen LogP contribution in [0, 0.1) is 16.7 Å². The smallest absolute Gasteiger partial charge is 0.340 e. The number of aromatic nitrogens is 1. The second-order valence-corrected chi connectivity index (χ2v) is 22.9. The summed E-state index contributed by atoms with van der Waals surface area (Å²) < 4.78 is 67.6. The van der Waals surface area contributed by atoms with Crippen molar-refractivity contribution in [1.29, 1.82) is 0 Å². The van der Waals surface area contributed by atoms with E-state index in [4.69, 9.17) is 52.1 Å². The molecule has 3 saturated heterocycles. The average molecular weight is 1080 g/mol. The minimum Gasteiger partial charge on any atom is -0.458 e. The summed E-state index contributed by atoms with van der Waals surface area (Å²) in [5.41, 5.74) is -9.97. The van der Waals surface area contributed by atoms with Gasteiger partial charge in [0.15, 0.2) is 18.9 Å². The largest absolute Gasteiger partial charge is 0.458 e. The molecule has 0 spiro atoms. The van der Waals surface area contributed by atoms with Gasteiger partial charge in [-0.15, -0.1) is 0 Å². The van der Waals surface area contributed by atoms with Gasteiger partial charge < -0.3 is 82.7 Å². The van der Waals surface area contributed by atoms with Crippen LogP contribution in [0.2, 0.25) is 0 Å². The van der Waals surface area contributed by atoms with E-state index in [1.165, 1.54) is 44.6 Å². The lowest BCUT2D eigenvalue weighted by Crippen LogP contribution is -2.80. The molecule has 0 radical (unpaired) electrons. The fraction of sp³-hybridized carbons (Fsp3) is 0.702. The molecule has 6 fully saturated rings. The predicted octanol–water partition coefficient (Wildman–Crippen LogP) is 3.69. The number of carbonyl (C=O) groups excluding carboxylic acids is 2. The molecular weight excluding hydrogens is 1000 g/mol. The van der Waals surface area contributed by atoms with Crippen molar-refractivity contribution in [3.63, 3.8) is 0 Å². The Hall–Kier alpha value is -3.81. The molecule has 3 saturated carbocycles. The molecule has 20 heteroatoms. The maximum absolute atomic E-state index is 13.9. The SMILES string of the molecule is COC1CC(OC2CCC3(C)C4CC(OC(=O)C=Cc5ccccc5)C5(C)C(O)(C(C)OC(=O)c6cccnc6)CCC5(O)C4(O)C=CC3(O)C2)OC(C)C1OC1CC(OC)C(OC2OC(C)C(O)C(OC)C2O)C(C)O1. The fourth-order valence-corrected chi connectivity index (χ4v) is 14.3. The Morgan fingerprint density at radius 1 is 0.753 bits per heavy atom. The first kappa shape index (κ1) is 57.9. The maximum Gasteiger partial charge on any atom is 0.340 e. The van der Waals surface area contributed by atoms with E-state index >= 15 is 0 Å². The van der Waals surface area contributed by atoms with E-state index in [2.05, 4.69) is 4.98 Å². The molecule has 6 N–H and O–H groups in total. The number of rotatable bonds is 15. The summed E-state index contributed by atoms with van der Waals surface area (Å²) in [6.07, 6.45) is -3.33. The Balaban J connectivity index is 0.896. The molecule has 2 aromatic rings. The highest BCUT2D eigenvalue weighted by Crippen LogP contribution is 2.71. The molecule has 4 heterocycles. The normalized spacial score (nSPS) is 46.1. The summed E-state index contributed by atoms with van der Waals surface area (Å²) in [4.78, 5) is 31.4. The Labute approximate surface area is 449 Å². The predicted molar refractivity (Wildman–Crippen MR) is 272 cm³/mol. The van der Waals surface area contributed by atoms with Crippen molar-refractivity contribution in [2.75, 3.05) is 21.3 Å². The molecule has 0 amide bonds. The second kappa shape index (κ2) is 22.3. The number of ether oxygens (including phenoxy) is 11. The van der Waals surface area contributed by atoms with Gasteiger partial charge in [0, 0.05) is 70.4 Å². The molecule has 426 valence electrons. The van der Waals surface area contributed by atoms with Crippen molar-refractivity contribution in [2.45, 2.75) is 214 Å². The number of nitrogens with zero attached hydrogens (tertiary/aromatic N) is 1. The third-order valence-corrected chi connectivity index (χ3v) is 19.0. The van der Waals surface area contributed by atoms with Gasteiger partial charge in [-0.2, -0.15) is 0 Å². The molecule has 7 aliphatic rings. The van der Waals surface area contributed by atoms with Crippen molar-refractivity contribution < 1.29 is 92.3 Å². The number of aliphatic hydroxyl groups is 6. The maximum atomic E-state index is 13.9. The van der Waals surface area contributed by atoms with Crippen molar-refractivity contribution >= 4 is 18.0 Å². The number of esters is 2. The van der Waals surface area contributed by atoms with Crippen LogP contribution in [-0.4, -0.2) is 190 Å². The molecule has 9 rings (SSSR count). The van der Waals surface area contributed by atoms with E-state index in [9.17, 15) is 40.2 Å². The van der Waals surface area contributed by atoms with Crippen LogP contribution in [-0.2, 0) is 56.9 Å². The van der Waals surface area contributed by atoms with E-state index in [1.54, 1.807) is 46.3 Å². The van der Waals surface area contributed by atoms with Crippen LogP contribution in [0.25, 0.3) is 6.08 Å². The zero-order chi connectivity index (χ0) is 55.5. The molecule has 1 aromatic heterocycles. The van der Waals surface area contributed by atoms with Gasteiger partial charge in [0.05, 0.1) is 53.2 Å². The molecule has 3 aliphatic heterocycles. The van der Waals surface area contributed by atoms with Gasteiger partial charge >= 0.3 is 11.9 Å². The summed E-state index contributed by atoms with van der Waals surface area (Å²) in [6.45, 7) is 10.3. The van der Waals surface area contributed by atoms with Gasteiger partial charge in [0.25, 0.3) is 0 Å². The Bertz CT molecular complexity index is 2440. The highest BCUT2D eigenvalue weighted by molar-refractivity contribution is 5.89. The summed E-state index contributed by atoms with van der Waals surface area (Å²) in [5.74, 6) is -2.43. The number of hydrogen-bond acceptors (Lipinski definition) is 20. The molecule has 1 aromatic carbocycles. The van der Waals surface area contributed by atoms with E-state index < -0.39 is 149 Å². The number of pyridine rings is 1. The number of aliphatic hydroxyl groups excluding tert-OH is 2. The molecule has 23 atom stereocenters. The lowest BCUT2D eigenvalue weighted by atomic mass is 9.41. The quantitative estimate of drug-likeness (QED) is 0.0843. The van der Waals surface area contributed by atoms with Crippen LogP contribution in [0.4, 0.5) is 0 Å². The van der Waals surface area contributed by atoms with Gasteiger partial charge in [0.1, 0.15) is 59.5 Å². The lowest BCUT2D eigenvalue weighted by molar-refractivity contribution is -0.353. The summed E-state index contributed by atoms with van der Waals surface area (Å²) >= 11 is 0. The van der Waals surface area contributed by atoms with Gasteiger partial charge in [-0.25, -0.2) is 9.59 Å². The topological polar surface area (TPSA) is 270 Å². The third-order valence-electron chi connectivity index (χ3n) is 19.0. The van der Waals surface area contributed by atoms with Crippen molar-refractivity contribution in [2.24, 2.45) is 16.7 Å². The second-order valence-electron chi connectivity index (χ2n) is 22.9. The lowest BCUT2D eigenvalue weighted by Gasteiger charge is -2.68. The van der Waals surface area contributed by atoms with Crippen LogP contribution in [0.15, 0.2) is 73.1 Å². The third kappa shape index (κ3) is 10.0. The van der Waals surface area contributed by atoms with E-state index in [0.29, 0.717) is 12.8 Å². The van der Waals surface area contributed by atoms with Crippen molar-refractivity contribution in [3.8, 4) is 0 Å². The average Bonchev–Trinajstić information content (AvgIpc) is 3.95. The number of fused-ring (bicyclic) bond motifs is 5. The number of benzene rings is 1. The van der Waals surface area contributed by atoms with Gasteiger partial charge in [0.2, 0.25) is 0 Å². The molecule has 77 heavy (non-hydrogen) atoms. The van der Waals surface area contributed by atoms with Crippen LogP contribution < -0.4 is 0 Å². The van der Waals surface area contributed by atoms with E-state index in [0.717, 1.165) is 5.56 Å². The first-order valence-corrected chi connectivity index (χ1v) is 27.0. The highest BCUT2D eigenvalue weighted by Gasteiger charge is 2.82. The minimum atomic E-state index is -2.18. The monoisotopic (exact) mass is 1080 g/mol. The molecule has 23 unspecified atom stereocenters. The van der Waals surface area contributed by atoms with Gasteiger partial charge in [-0.3, -0.25) is 4.98 Å². The zero-order valence-corrected chi connectivity index (χ0v) is 45.4. The minimum absolute atomic E-state index is 0.0832. The van der Waals surface area contributed by atoms with E-state index in [1.807, 2.05) is 51.1 Å². The Kier molecular flexibility index (Phi) is 16.7. The van der Waals surface area contributed by atoms with Crippen molar-refractivity contribution in [3.05, 3.63) is 84.2 Å². The fourth-order valence-electron chi connectivity index (χ4n) is 14.3. The summed E-state index contributed by atoms with van der Waals surface area (Å²) in [5, 5.41) is 73.9. The highest BCUT2D eigenvalue weighted by atomic mass is 16.8. The van der Waals surface area contributed by atoms with Crippen molar-refractivity contribution in [1.82, 2.24) is 4.98 Å². The van der Waals surface area contributed by atoms with Gasteiger partial charge in [-0.05, 0) is 83.6 Å². The molecule has 4 aliphatic carbocycles. The Morgan fingerprint density at radius 3 is 2.05 bits per heavy atom. The van der Waals surface area contributed by atoms with Crippen LogP contribution in [0.5, 0.6) is 0 Å². The van der Waals surface area contributed by atoms with Crippen LogP contribution >= 0.6 is 0 Å². The molecule has 0 bridgehead atoms. The first-order chi connectivity index (χ1) is 36.5. The molecular formula is C57H79NO19. The standard InChI is InChI=1S/C57H79NO19/c1-31-45(60)49(69-9)46(61)51(72-31)77-48-33(3)71-44(27-39(48)68-8)76-47-32(2)70-43(26-38(47)67-7)74-37-19-20-52(5)40-28-41(75-42(59)18-17-35-14-11-10-12-15-35)53(6)55(64,34(4)73-50(62)36-16-13-25-58-30-36)23-24-57(53,66)56(40,65)22-21-54(52,63)29-37/h10-18,21-22,25,30-34,37-41,43-49,51,60-61,63-66H,19-20,23-24,26-29H2,1-9H3. The Morgan fingerprint density at radius 2 is 1.42 bits per heavy atom. The number of hydrogen-bond donors (Lipinski definition) is 6. The van der Waals surface area contributed by atoms with E-state index in [-0.39, 0.29) is 44.1 Å². The number of methoxy groups -OCH3 is 3. The summed E-state index contributed by atoms with van der Waals surface area (Å²) in [7, 11) is 4.54. The van der Waals surface area contributed by atoms with Crippen LogP contribution in [0.3, 0.4) is 0 Å². The summed E-state index contributed by atoms with van der Waals surface area (Å²) in [6, 6.07) is 12.3. The molecule has 20 nitrogen and oxygen atoms in total. The van der Waals surface area contributed by atoms with Crippen LogP contribution in [0.1, 0.15) is 109 Å². The number of carbonyl (C=O) groups is 2. The van der Waals surface area contributed by atoms with Gasteiger partial charge in [-0.1, -0.05) is 56.3 Å². The first-order valence-electron chi connectivity index (χ1n) is 27.0. The zero-order valence-electron chi connectivity index (χ0n) is 45.4.